The van der Waals surface area contributed by atoms with Crippen LogP contribution in [0.15, 0.2) is 24.3 Å². The molecule has 0 N–H and O–H groups in total. The summed E-state index contributed by atoms with van der Waals surface area (Å²) in [6.45, 7) is 10.2. The minimum atomic E-state index is -0.223. The Morgan fingerprint density at radius 1 is 1.03 bits per heavy atom. The molecule has 33 heavy (non-hydrogen) atoms. The zero-order valence-electron chi connectivity index (χ0n) is 19.0. The standard InChI is InChI=1S/C25H25N5O2S/c1-14-26-20-19-15-12-25(2,3)32-13-16(15)22(29-8-10-31-11-9-29)28-24(19)33-21(20)23-27-17-6-4-5-7-18(17)30(14)23/h4-7H,8-13H2,1-3H3. The van der Waals surface area contributed by atoms with Gasteiger partial charge in [-0.15, -0.1) is 11.3 Å². The number of benzene rings is 1. The topological polar surface area (TPSA) is 64.8 Å². The number of hydrogen-bond acceptors (Lipinski definition) is 7. The van der Waals surface area contributed by atoms with Gasteiger partial charge in [0, 0.05) is 30.5 Å². The van der Waals surface area contributed by atoms with Crippen LogP contribution in [0.2, 0.25) is 0 Å². The van der Waals surface area contributed by atoms with Crippen molar-refractivity contribution >= 4 is 54.3 Å². The lowest BCUT2D eigenvalue weighted by Crippen LogP contribution is -2.39. The van der Waals surface area contributed by atoms with Gasteiger partial charge in [-0.3, -0.25) is 4.40 Å². The van der Waals surface area contributed by atoms with Crippen LogP contribution in [0.4, 0.5) is 5.82 Å². The van der Waals surface area contributed by atoms with Crippen molar-refractivity contribution in [2.75, 3.05) is 31.2 Å². The Hall–Kier alpha value is -2.81. The lowest BCUT2D eigenvalue weighted by atomic mass is 9.90. The van der Waals surface area contributed by atoms with Crippen LogP contribution in [0.5, 0.6) is 0 Å². The van der Waals surface area contributed by atoms with Crippen LogP contribution in [0, 0.1) is 6.92 Å². The maximum atomic E-state index is 6.26. The van der Waals surface area contributed by atoms with Gasteiger partial charge < -0.3 is 14.4 Å². The first-order valence-electron chi connectivity index (χ1n) is 11.5. The van der Waals surface area contributed by atoms with Gasteiger partial charge in [0.05, 0.1) is 46.7 Å². The molecule has 0 bridgehead atoms. The molecule has 2 aliphatic heterocycles. The number of para-hydroxylation sites is 2. The second kappa shape index (κ2) is 6.85. The van der Waals surface area contributed by atoms with E-state index >= 15 is 0 Å². The van der Waals surface area contributed by atoms with Crippen molar-refractivity contribution in [3.05, 3.63) is 41.2 Å². The SMILES string of the molecule is Cc1nc2c(sc3nc(N4CCOCC4)c4c(c32)CC(C)(C)OC4)c2nc3ccccc3n12. The molecule has 0 aliphatic carbocycles. The van der Waals surface area contributed by atoms with Crippen LogP contribution >= 0.6 is 11.3 Å². The average Bonchev–Trinajstić information content (AvgIpc) is 3.37. The lowest BCUT2D eigenvalue weighted by Gasteiger charge is -2.36. The number of thiophene rings is 1. The molecule has 168 valence electrons. The second-order valence-corrected chi connectivity index (χ2v) is 10.6. The first-order valence-corrected chi connectivity index (χ1v) is 12.3. The number of imidazole rings is 1. The molecule has 5 aromatic rings. The Bertz CT molecular complexity index is 1580. The van der Waals surface area contributed by atoms with Crippen LogP contribution < -0.4 is 4.90 Å². The number of aryl methyl sites for hydroxylation is 1. The Morgan fingerprint density at radius 2 is 1.85 bits per heavy atom. The molecular weight excluding hydrogens is 434 g/mol. The summed E-state index contributed by atoms with van der Waals surface area (Å²) < 4.78 is 15.1. The fourth-order valence-electron chi connectivity index (χ4n) is 5.31. The molecule has 8 heteroatoms. The highest BCUT2D eigenvalue weighted by Gasteiger charge is 2.33. The molecule has 1 saturated heterocycles. The van der Waals surface area contributed by atoms with Gasteiger partial charge in [-0.1, -0.05) is 12.1 Å². The highest BCUT2D eigenvalue weighted by atomic mass is 32.1. The molecule has 0 spiro atoms. The molecule has 6 heterocycles. The molecular formula is C25H25N5O2S. The summed E-state index contributed by atoms with van der Waals surface area (Å²) in [5.74, 6) is 1.99. The van der Waals surface area contributed by atoms with Crippen LogP contribution in [0.3, 0.4) is 0 Å². The molecule has 0 amide bonds. The molecule has 4 aromatic heterocycles. The largest absolute Gasteiger partial charge is 0.378 e. The third kappa shape index (κ3) is 2.84. The molecule has 0 atom stereocenters. The van der Waals surface area contributed by atoms with E-state index < -0.39 is 0 Å². The van der Waals surface area contributed by atoms with Gasteiger partial charge >= 0.3 is 0 Å². The summed E-state index contributed by atoms with van der Waals surface area (Å²) in [6.07, 6.45) is 0.840. The zero-order chi connectivity index (χ0) is 22.3. The smallest absolute Gasteiger partial charge is 0.159 e. The minimum Gasteiger partial charge on any atom is -0.378 e. The third-order valence-electron chi connectivity index (χ3n) is 6.89. The molecule has 1 aromatic carbocycles. The minimum absolute atomic E-state index is 0.223. The monoisotopic (exact) mass is 459 g/mol. The van der Waals surface area contributed by atoms with E-state index in [0.717, 1.165) is 76.1 Å². The predicted molar refractivity (Wildman–Crippen MR) is 132 cm³/mol. The van der Waals surface area contributed by atoms with E-state index in [-0.39, 0.29) is 5.60 Å². The molecule has 2 aliphatic rings. The van der Waals surface area contributed by atoms with Gasteiger partial charge in [-0.25, -0.2) is 15.0 Å². The van der Waals surface area contributed by atoms with Crippen LogP contribution in [-0.2, 0) is 22.5 Å². The number of rotatable bonds is 1. The third-order valence-corrected chi connectivity index (χ3v) is 7.96. The van der Waals surface area contributed by atoms with Gasteiger partial charge in [0.2, 0.25) is 0 Å². The first-order chi connectivity index (χ1) is 16.0. The Labute approximate surface area is 195 Å². The van der Waals surface area contributed by atoms with Crippen molar-refractivity contribution in [3.63, 3.8) is 0 Å². The quantitative estimate of drug-likeness (QED) is 0.364. The lowest BCUT2D eigenvalue weighted by molar-refractivity contribution is -0.0396. The number of nitrogens with zero attached hydrogens (tertiary/aromatic N) is 5. The molecule has 7 rings (SSSR count). The fraction of sp³-hybridized carbons (Fsp3) is 0.400. The molecule has 7 nitrogen and oxygen atoms in total. The number of ether oxygens (including phenoxy) is 2. The number of morpholine rings is 1. The highest BCUT2D eigenvalue weighted by molar-refractivity contribution is 7.26. The number of fused-ring (bicyclic) bond motifs is 9. The number of anilines is 1. The predicted octanol–water partition coefficient (Wildman–Crippen LogP) is 4.64. The molecule has 0 radical (unpaired) electrons. The molecule has 1 fully saturated rings. The van der Waals surface area contributed by atoms with E-state index in [1.165, 1.54) is 16.5 Å². The summed E-state index contributed by atoms with van der Waals surface area (Å²) in [4.78, 5) is 18.7. The Kier molecular flexibility index (Phi) is 4.08. The van der Waals surface area contributed by atoms with Gasteiger partial charge in [0.15, 0.2) is 5.65 Å². The first kappa shape index (κ1) is 19.6. The molecule has 0 saturated carbocycles. The van der Waals surface area contributed by atoms with Gasteiger partial charge in [0.25, 0.3) is 0 Å². The van der Waals surface area contributed by atoms with E-state index in [1.54, 1.807) is 11.3 Å². The van der Waals surface area contributed by atoms with E-state index in [9.17, 15) is 0 Å². The van der Waals surface area contributed by atoms with Crippen LogP contribution in [0.1, 0.15) is 30.8 Å². The van der Waals surface area contributed by atoms with Gasteiger partial charge in [-0.05, 0) is 38.5 Å². The normalized spacial score (nSPS) is 18.6. The van der Waals surface area contributed by atoms with Gasteiger partial charge in [0.1, 0.15) is 16.5 Å². The van der Waals surface area contributed by atoms with Gasteiger partial charge in [-0.2, -0.15) is 0 Å². The number of pyridine rings is 1. The van der Waals surface area contributed by atoms with Crippen molar-refractivity contribution in [2.24, 2.45) is 0 Å². The van der Waals surface area contributed by atoms with E-state index in [4.69, 9.17) is 24.4 Å². The summed E-state index contributed by atoms with van der Waals surface area (Å²) in [5, 5.41) is 1.18. The average molecular weight is 460 g/mol. The number of hydrogen-bond donors (Lipinski definition) is 0. The fourth-order valence-corrected chi connectivity index (χ4v) is 6.43. The van der Waals surface area contributed by atoms with Crippen LogP contribution in [0.25, 0.3) is 37.1 Å². The van der Waals surface area contributed by atoms with Crippen molar-refractivity contribution in [1.29, 1.82) is 0 Å². The maximum absolute atomic E-state index is 6.26. The van der Waals surface area contributed by atoms with Crippen molar-refractivity contribution in [2.45, 2.75) is 39.4 Å². The summed E-state index contributed by atoms with van der Waals surface area (Å²) in [6, 6.07) is 8.27. The summed E-state index contributed by atoms with van der Waals surface area (Å²) in [7, 11) is 0. The maximum Gasteiger partial charge on any atom is 0.159 e. The summed E-state index contributed by atoms with van der Waals surface area (Å²) >= 11 is 1.71. The van der Waals surface area contributed by atoms with Crippen molar-refractivity contribution in [1.82, 2.24) is 19.4 Å². The van der Waals surface area contributed by atoms with Crippen molar-refractivity contribution < 1.29 is 9.47 Å². The Morgan fingerprint density at radius 3 is 2.70 bits per heavy atom. The van der Waals surface area contributed by atoms with E-state index in [0.29, 0.717) is 6.61 Å². The second-order valence-electron chi connectivity index (χ2n) is 9.60. The van der Waals surface area contributed by atoms with Crippen LogP contribution in [-0.4, -0.2) is 51.3 Å². The zero-order valence-corrected chi connectivity index (χ0v) is 19.8. The van der Waals surface area contributed by atoms with Crippen molar-refractivity contribution in [3.8, 4) is 0 Å². The molecule has 0 unspecified atom stereocenters. The van der Waals surface area contributed by atoms with E-state index in [1.807, 2.05) is 6.07 Å². The highest BCUT2D eigenvalue weighted by Crippen LogP contribution is 2.44. The Balaban J connectivity index is 1.59. The van der Waals surface area contributed by atoms with E-state index in [2.05, 4.69) is 48.3 Å². The number of aromatic nitrogens is 4. The summed E-state index contributed by atoms with van der Waals surface area (Å²) in [5.41, 5.74) is 6.38.